The maximum Gasteiger partial charge on any atom is 0.137 e. The van der Waals surface area contributed by atoms with Crippen molar-refractivity contribution in [1.29, 1.82) is 0 Å². The molecule has 0 aromatic heterocycles. The van der Waals surface area contributed by atoms with E-state index in [0.29, 0.717) is 12.8 Å². The Morgan fingerprint density at radius 2 is 1.75 bits per heavy atom. The first-order valence-corrected chi connectivity index (χ1v) is 4.30. The van der Waals surface area contributed by atoms with Crippen LogP contribution in [0.5, 0.6) is 0 Å². The van der Waals surface area contributed by atoms with Gasteiger partial charge < -0.3 is 10.2 Å². The van der Waals surface area contributed by atoms with Gasteiger partial charge in [-0.2, -0.15) is 0 Å². The summed E-state index contributed by atoms with van der Waals surface area (Å²) >= 11 is 0. The van der Waals surface area contributed by atoms with E-state index in [1.54, 1.807) is 0 Å². The number of aliphatic hydroxyl groups excluding tert-OH is 2. The largest absolute Gasteiger partial charge is 0.390 e. The number of alkyl halides is 1. The number of hydrogen-bond donors (Lipinski definition) is 2. The van der Waals surface area contributed by atoms with Gasteiger partial charge in [-0.25, -0.2) is 4.39 Å². The highest BCUT2D eigenvalue weighted by Crippen LogP contribution is 2.42. The number of halogens is 1. The van der Waals surface area contributed by atoms with Gasteiger partial charge in [0, 0.05) is 0 Å². The Morgan fingerprint density at radius 3 is 2.17 bits per heavy atom. The zero-order chi connectivity index (χ0) is 9.57. The highest BCUT2D eigenvalue weighted by Gasteiger charge is 2.48. The van der Waals surface area contributed by atoms with Crippen LogP contribution in [-0.4, -0.2) is 28.1 Å². The van der Waals surface area contributed by atoms with E-state index in [1.807, 2.05) is 13.8 Å². The summed E-state index contributed by atoms with van der Waals surface area (Å²) < 4.78 is 13.6. The summed E-state index contributed by atoms with van der Waals surface area (Å²) in [6.07, 6.45) is -1.39. The highest BCUT2D eigenvalue weighted by atomic mass is 19.1. The SMILES string of the molecule is CC1(C)CC(O)C(O)C(C)(F)C1. The first-order chi connectivity index (χ1) is 5.25. The van der Waals surface area contributed by atoms with Crippen molar-refractivity contribution < 1.29 is 14.6 Å². The second kappa shape index (κ2) is 2.67. The molecule has 0 amide bonds. The lowest BCUT2D eigenvalue weighted by atomic mass is 9.68. The third-order valence-electron chi connectivity index (χ3n) is 2.57. The van der Waals surface area contributed by atoms with Crippen LogP contribution >= 0.6 is 0 Å². The Balaban J connectivity index is 2.80. The molecule has 1 aliphatic carbocycles. The van der Waals surface area contributed by atoms with E-state index in [4.69, 9.17) is 0 Å². The highest BCUT2D eigenvalue weighted by molar-refractivity contribution is 4.98. The van der Waals surface area contributed by atoms with Crippen LogP contribution in [0.3, 0.4) is 0 Å². The van der Waals surface area contributed by atoms with Gasteiger partial charge >= 0.3 is 0 Å². The molecule has 1 rings (SSSR count). The second-order valence-corrected chi connectivity index (χ2v) is 4.84. The molecule has 12 heavy (non-hydrogen) atoms. The third kappa shape index (κ3) is 1.77. The van der Waals surface area contributed by atoms with Crippen LogP contribution in [0.2, 0.25) is 0 Å². The summed E-state index contributed by atoms with van der Waals surface area (Å²) in [4.78, 5) is 0. The summed E-state index contributed by atoms with van der Waals surface area (Å²) in [7, 11) is 0. The minimum Gasteiger partial charge on any atom is -0.390 e. The van der Waals surface area contributed by atoms with Crippen LogP contribution in [0.4, 0.5) is 4.39 Å². The van der Waals surface area contributed by atoms with Crippen molar-refractivity contribution in [3.8, 4) is 0 Å². The fourth-order valence-corrected chi connectivity index (χ4v) is 2.19. The molecule has 0 aromatic rings. The van der Waals surface area contributed by atoms with Crippen molar-refractivity contribution >= 4 is 0 Å². The number of hydrogen-bond acceptors (Lipinski definition) is 2. The van der Waals surface area contributed by atoms with Gasteiger partial charge in [0.2, 0.25) is 0 Å². The van der Waals surface area contributed by atoms with Gasteiger partial charge in [0.15, 0.2) is 0 Å². The summed E-state index contributed by atoms with van der Waals surface area (Å²) in [5.74, 6) is 0. The number of rotatable bonds is 0. The first-order valence-electron chi connectivity index (χ1n) is 4.30. The molecule has 1 fully saturated rings. The zero-order valence-electron chi connectivity index (χ0n) is 7.84. The van der Waals surface area contributed by atoms with E-state index in [0.717, 1.165) is 0 Å². The minimum atomic E-state index is -1.65. The predicted molar refractivity (Wildman–Crippen MR) is 44.5 cm³/mol. The van der Waals surface area contributed by atoms with Crippen molar-refractivity contribution in [2.24, 2.45) is 5.41 Å². The van der Waals surface area contributed by atoms with Crippen LogP contribution in [0, 0.1) is 5.41 Å². The molecule has 0 saturated heterocycles. The van der Waals surface area contributed by atoms with Gasteiger partial charge in [-0.05, 0) is 25.2 Å². The van der Waals surface area contributed by atoms with Crippen molar-refractivity contribution in [1.82, 2.24) is 0 Å². The summed E-state index contributed by atoms with van der Waals surface area (Å²) in [6.45, 7) is 5.15. The predicted octanol–water partition coefficient (Wildman–Crippen LogP) is 1.26. The maximum absolute atomic E-state index is 13.6. The van der Waals surface area contributed by atoms with Crippen LogP contribution in [0.25, 0.3) is 0 Å². The minimum absolute atomic E-state index is 0.220. The third-order valence-corrected chi connectivity index (χ3v) is 2.57. The molecule has 3 unspecified atom stereocenters. The Bertz CT molecular complexity index is 177. The molecule has 2 nitrogen and oxygen atoms in total. The van der Waals surface area contributed by atoms with Crippen molar-refractivity contribution in [3.63, 3.8) is 0 Å². The molecular weight excluding hydrogens is 159 g/mol. The van der Waals surface area contributed by atoms with Crippen LogP contribution in [0.1, 0.15) is 33.6 Å². The second-order valence-electron chi connectivity index (χ2n) is 4.84. The van der Waals surface area contributed by atoms with Crippen LogP contribution in [-0.2, 0) is 0 Å². The molecule has 3 heteroatoms. The zero-order valence-corrected chi connectivity index (χ0v) is 7.84. The van der Waals surface area contributed by atoms with Gasteiger partial charge in [-0.15, -0.1) is 0 Å². The molecular formula is C9H17FO2. The van der Waals surface area contributed by atoms with E-state index in [2.05, 4.69) is 0 Å². The quantitative estimate of drug-likeness (QED) is 0.583. The van der Waals surface area contributed by atoms with E-state index in [9.17, 15) is 14.6 Å². The molecule has 2 N–H and O–H groups in total. The van der Waals surface area contributed by atoms with Gasteiger partial charge in [-0.1, -0.05) is 13.8 Å². The molecule has 0 bridgehead atoms. The Labute approximate surface area is 72.4 Å². The lowest BCUT2D eigenvalue weighted by Gasteiger charge is -2.43. The molecule has 0 aliphatic heterocycles. The Hall–Kier alpha value is -0.150. The number of aliphatic hydroxyl groups is 2. The summed E-state index contributed by atoms with van der Waals surface area (Å²) in [5, 5.41) is 18.7. The molecule has 1 aliphatic rings. The first kappa shape index (κ1) is 9.93. The average Bonchev–Trinajstić information content (AvgIpc) is 1.79. The normalized spacial score (nSPS) is 47.5. The van der Waals surface area contributed by atoms with E-state index >= 15 is 0 Å². The Kier molecular flexibility index (Phi) is 2.21. The molecule has 0 spiro atoms. The molecule has 0 aromatic carbocycles. The van der Waals surface area contributed by atoms with E-state index in [-0.39, 0.29) is 5.41 Å². The molecule has 0 heterocycles. The molecule has 1 saturated carbocycles. The van der Waals surface area contributed by atoms with Gasteiger partial charge in [-0.3, -0.25) is 0 Å². The van der Waals surface area contributed by atoms with Crippen LogP contribution < -0.4 is 0 Å². The summed E-state index contributed by atoms with van der Waals surface area (Å²) in [6, 6.07) is 0. The standard InChI is InChI=1S/C9H17FO2/c1-8(2)4-6(11)7(12)9(3,10)5-8/h6-7,11-12H,4-5H2,1-3H3. The lowest BCUT2D eigenvalue weighted by Crippen LogP contribution is -2.52. The molecule has 3 atom stereocenters. The van der Waals surface area contributed by atoms with Gasteiger partial charge in [0.1, 0.15) is 11.8 Å². The summed E-state index contributed by atoms with van der Waals surface area (Å²) in [5.41, 5.74) is -1.87. The lowest BCUT2D eigenvalue weighted by molar-refractivity contribution is -0.134. The average molecular weight is 176 g/mol. The van der Waals surface area contributed by atoms with Gasteiger partial charge in [0.25, 0.3) is 0 Å². The van der Waals surface area contributed by atoms with Crippen LogP contribution in [0.15, 0.2) is 0 Å². The fraction of sp³-hybridized carbons (Fsp3) is 1.00. The van der Waals surface area contributed by atoms with Crippen molar-refractivity contribution in [2.75, 3.05) is 0 Å². The molecule has 72 valence electrons. The Morgan fingerprint density at radius 1 is 1.25 bits per heavy atom. The van der Waals surface area contributed by atoms with E-state index < -0.39 is 17.9 Å². The topological polar surface area (TPSA) is 40.5 Å². The van der Waals surface area contributed by atoms with E-state index in [1.165, 1.54) is 6.92 Å². The monoisotopic (exact) mass is 176 g/mol. The molecule has 0 radical (unpaired) electrons. The van der Waals surface area contributed by atoms with Crippen molar-refractivity contribution in [2.45, 2.75) is 51.5 Å². The van der Waals surface area contributed by atoms with Gasteiger partial charge in [0.05, 0.1) is 6.10 Å². The smallest absolute Gasteiger partial charge is 0.137 e. The van der Waals surface area contributed by atoms with Crippen molar-refractivity contribution in [3.05, 3.63) is 0 Å². The maximum atomic E-state index is 13.6. The fourth-order valence-electron chi connectivity index (χ4n) is 2.19.